The molecule has 0 radical (unpaired) electrons. The number of aromatic nitrogens is 2. The molecule has 6 heteroatoms. The number of fused-ring (bicyclic) bond motifs is 1. The zero-order chi connectivity index (χ0) is 15.0. The minimum absolute atomic E-state index is 0.0221. The van der Waals surface area contributed by atoms with E-state index in [0.29, 0.717) is 25.1 Å². The third-order valence-corrected chi connectivity index (χ3v) is 4.02. The number of benzene rings is 1. The zero-order valence-electron chi connectivity index (χ0n) is 11.8. The van der Waals surface area contributed by atoms with Crippen LogP contribution in [0.1, 0.15) is 17.0 Å². The molecule has 4 nitrogen and oxygen atoms in total. The van der Waals surface area contributed by atoms with Gasteiger partial charge in [-0.15, -0.1) is 0 Å². The van der Waals surface area contributed by atoms with Crippen molar-refractivity contribution in [2.75, 3.05) is 6.61 Å². The van der Waals surface area contributed by atoms with Crippen molar-refractivity contribution >= 4 is 0 Å². The van der Waals surface area contributed by atoms with E-state index in [0.717, 1.165) is 17.5 Å². The van der Waals surface area contributed by atoms with Gasteiger partial charge in [0.05, 0.1) is 18.6 Å². The van der Waals surface area contributed by atoms with Crippen molar-refractivity contribution in [3.63, 3.8) is 0 Å². The lowest BCUT2D eigenvalue weighted by molar-refractivity contribution is 0.0966. The molecule has 1 aromatic carbocycles. The largest absolute Gasteiger partial charge is 0.395 e. The second kappa shape index (κ2) is 5.54. The van der Waals surface area contributed by atoms with Crippen LogP contribution in [0.5, 0.6) is 0 Å². The van der Waals surface area contributed by atoms with Crippen LogP contribution in [0, 0.1) is 11.6 Å². The number of aliphatic hydroxyl groups is 1. The molecule has 21 heavy (non-hydrogen) atoms. The summed E-state index contributed by atoms with van der Waals surface area (Å²) in [6.45, 7) is 1.08. The van der Waals surface area contributed by atoms with Crippen molar-refractivity contribution in [1.82, 2.24) is 14.5 Å². The summed E-state index contributed by atoms with van der Waals surface area (Å²) in [5.74, 6) is -1.69. The van der Waals surface area contributed by atoms with Crippen LogP contribution in [0.25, 0.3) is 0 Å². The summed E-state index contributed by atoms with van der Waals surface area (Å²) >= 11 is 0. The predicted molar refractivity (Wildman–Crippen MR) is 73.4 cm³/mol. The van der Waals surface area contributed by atoms with E-state index in [9.17, 15) is 13.9 Å². The van der Waals surface area contributed by atoms with Crippen molar-refractivity contribution in [2.24, 2.45) is 7.05 Å². The highest BCUT2D eigenvalue weighted by molar-refractivity contribution is 5.21. The summed E-state index contributed by atoms with van der Waals surface area (Å²) in [6, 6.07) is 3.87. The van der Waals surface area contributed by atoms with E-state index in [1.807, 2.05) is 16.5 Å². The van der Waals surface area contributed by atoms with E-state index < -0.39 is 11.6 Å². The average Bonchev–Trinajstić information content (AvgIpc) is 2.83. The van der Waals surface area contributed by atoms with Gasteiger partial charge in [0, 0.05) is 38.3 Å². The highest BCUT2D eigenvalue weighted by atomic mass is 19.2. The van der Waals surface area contributed by atoms with Crippen LogP contribution in [0.3, 0.4) is 0 Å². The average molecular weight is 293 g/mol. The lowest BCUT2D eigenvalue weighted by Crippen LogP contribution is -2.42. The molecule has 1 atom stereocenters. The Labute approximate surface area is 121 Å². The number of hydrogen-bond acceptors (Lipinski definition) is 3. The van der Waals surface area contributed by atoms with Gasteiger partial charge in [0.15, 0.2) is 11.6 Å². The van der Waals surface area contributed by atoms with Crippen LogP contribution < -0.4 is 0 Å². The van der Waals surface area contributed by atoms with Gasteiger partial charge in [-0.1, -0.05) is 6.07 Å². The molecule has 1 N–H and O–H groups in total. The Morgan fingerprint density at radius 1 is 1.33 bits per heavy atom. The summed E-state index contributed by atoms with van der Waals surface area (Å²) in [5.41, 5.74) is 2.78. The molecule has 1 unspecified atom stereocenters. The maximum atomic E-state index is 13.3. The first-order valence-corrected chi connectivity index (χ1v) is 6.86. The van der Waals surface area contributed by atoms with Gasteiger partial charge in [0.25, 0.3) is 0 Å². The summed E-state index contributed by atoms with van der Waals surface area (Å²) in [6.07, 6.45) is 2.46. The van der Waals surface area contributed by atoms with Crippen LogP contribution >= 0.6 is 0 Å². The number of imidazole rings is 1. The Morgan fingerprint density at radius 3 is 2.86 bits per heavy atom. The molecule has 2 heterocycles. The van der Waals surface area contributed by atoms with E-state index in [1.165, 1.54) is 6.07 Å². The number of aryl methyl sites for hydroxylation is 1. The van der Waals surface area contributed by atoms with Crippen LogP contribution in [-0.2, 0) is 26.6 Å². The van der Waals surface area contributed by atoms with Crippen molar-refractivity contribution in [1.29, 1.82) is 0 Å². The van der Waals surface area contributed by atoms with Gasteiger partial charge in [-0.2, -0.15) is 0 Å². The predicted octanol–water partition coefficient (Wildman–Crippen LogP) is 1.62. The van der Waals surface area contributed by atoms with Crippen molar-refractivity contribution in [3.05, 3.63) is 53.1 Å². The minimum Gasteiger partial charge on any atom is -0.395 e. The van der Waals surface area contributed by atoms with Gasteiger partial charge in [-0.3, -0.25) is 4.90 Å². The smallest absolute Gasteiger partial charge is 0.159 e. The number of halogens is 2. The molecule has 0 fully saturated rings. The molecule has 0 saturated carbocycles. The second-order valence-electron chi connectivity index (χ2n) is 5.44. The third kappa shape index (κ3) is 2.69. The van der Waals surface area contributed by atoms with Crippen molar-refractivity contribution in [3.8, 4) is 0 Å². The molecule has 3 rings (SSSR count). The van der Waals surface area contributed by atoms with Gasteiger partial charge in [-0.25, -0.2) is 13.8 Å². The molecular weight excluding hydrogens is 276 g/mol. The topological polar surface area (TPSA) is 41.3 Å². The number of rotatable bonds is 3. The second-order valence-corrected chi connectivity index (χ2v) is 5.44. The Bertz CT molecular complexity index is 656. The lowest BCUT2D eigenvalue weighted by atomic mass is 10.0. The van der Waals surface area contributed by atoms with Crippen molar-refractivity contribution in [2.45, 2.75) is 25.6 Å². The van der Waals surface area contributed by atoms with Crippen molar-refractivity contribution < 1.29 is 13.9 Å². The minimum atomic E-state index is -0.844. The fourth-order valence-corrected chi connectivity index (χ4v) is 2.81. The molecule has 112 valence electrons. The fourth-order valence-electron chi connectivity index (χ4n) is 2.81. The first-order chi connectivity index (χ1) is 10.1. The SMILES string of the molecule is Cn1cnc2c1CC(CO)N(Cc1ccc(F)c(F)c1)C2. The van der Waals surface area contributed by atoms with E-state index in [2.05, 4.69) is 4.98 Å². The highest BCUT2D eigenvalue weighted by Gasteiger charge is 2.28. The first-order valence-electron chi connectivity index (χ1n) is 6.86. The summed E-state index contributed by atoms with van der Waals surface area (Å²) in [4.78, 5) is 6.40. The molecule has 0 saturated heterocycles. The Kier molecular flexibility index (Phi) is 3.73. The quantitative estimate of drug-likeness (QED) is 0.935. The Morgan fingerprint density at radius 2 is 2.14 bits per heavy atom. The molecule has 2 aromatic rings. The molecule has 1 aliphatic rings. The molecule has 0 aliphatic carbocycles. The van der Waals surface area contributed by atoms with Gasteiger partial charge < -0.3 is 9.67 Å². The van der Waals surface area contributed by atoms with E-state index in [1.54, 1.807) is 12.4 Å². The Hall–Kier alpha value is -1.79. The lowest BCUT2D eigenvalue weighted by Gasteiger charge is -2.34. The van der Waals surface area contributed by atoms with E-state index in [4.69, 9.17) is 0 Å². The highest BCUT2D eigenvalue weighted by Crippen LogP contribution is 2.24. The summed E-state index contributed by atoms with van der Waals surface area (Å²) in [7, 11) is 1.94. The monoisotopic (exact) mass is 293 g/mol. The van der Waals surface area contributed by atoms with Crippen LogP contribution in [0.15, 0.2) is 24.5 Å². The molecule has 0 amide bonds. The number of nitrogens with zero attached hydrogens (tertiary/aromatic N) is 3. The van der Waals surface area contributed by atoms with E-state index in [-0.39, 0.29) is 12.6 Å². The van der Waals surface area contributed by atoms with Crippen LogP contribution in [0.2, 0.25) is 0 Å². The molecule has 0 bridgehead atoms. The summed E-state index contributed by atoms with van der Waals surface area (Å²) < 4.78 is 28.2. The standard InChI is InChI=1S/C15H17F2N3O/c1-19-9-18-14-7-20(11(8-21)5-15(14)19)6-10-2-3-12(16)13(17)4-10/h2-4,9,11,21H,5-8H2,1H3. The van der Waals surface area contributed by atoms with Gasteiger partial charge >= 0.3 is 0 Å². The van der Waals surface area contributed by atoms with Gasteiger partial charge in [0.1, 0.15) is 0 Å². The first kappa shape index (κ1) is 14.2. The fraction of sp³-hybridized carbons (Fsp3) is 0.400. The van der Waals surface area contributed by atoms with Crippen LogP contribution in [-0.4, -0.2) is 32.2 Å². The van der Waals surface area contributed by atoms with Crippen LogP contribution in [0.4, 0.5) is 8.78 Å². The summed E-state index contributed by atoms with van der Waals surface area (Å²) in [5, 5.41) is 9.59. The third-order valence-electron chi connectivity index (χ3n) is 4.02. The van der Waals surface area contributed by atoms with Gasteiger partial charge in [-0.05, 0) is 17.7 Å². The molecule has 1 aromatic heterocycles. The molecule has 1 aliphatic heterocycles. The number of hydrogen-bond donors (Lipinski definition) is 1. The molecular formula is C15H17F2N3O. The maximum absolute atomic E-state index is 13.3. The van der Waals surface area contributed by atoms with E-state index >= 15 is 0 Å². The Balaban J connectivity index is 1.82. The normalized spacial score (nSPS) is 18.8. The molecule has 0 spiro atoms. The number of aliphatic hydroxyl groups excluding tert-OH is 1. The van der Waals surface area contributed by atoms with Gasteiger partial charge in [0.2, 0.25) is 0 Å². The zero-order valence-corrected chi connectivity index (χ0v) is 11.8. The maximum Gasteiger partial charge on any atom is 0.159 e.